The average Bonchev–Trinajstić information content (AvgIpc) is 2.67. The molecule has 10 heteroatoms. The molecule has 2 N–H and O–H groups in total. The molecule has 7 nitrogen and oxygen atoms in total. The summed E-state index contributed by atoms with van der Waals surface area (Å²) in [5.74, 6) is -1.06. The largest absolute Gasteiger partial charge is 0.481 e. The number of benzene rings is 1. The Morgan fingerprint density at radius 2 is 1.93 bits per heavy atom. The number of carboxylic acids is 1. The van der Waals surface area contributed by atoms with Gasteiger partial charge in [-0.05, 0) is 25.5 Å². The molecule has 2 rings (SSSR count). The van der Waals surface area contributed by atoms with Gasteiger partial charge in [0.2, 0.25) is 0 Å². The highest BCUT2D eigenvalue weighted by molar-refractivity contribution is 5.69. The minimum absolute atomic E-state index is 0.104. The number of anilines is 2. The van der Waals surface area contributed by atoms with Gasteiger partial charge in [-0.3, -0.25) is 4.79 Å². The zero-order valence-corrected chi connectivity index (χ0v) is 16.9. The maximum absolute atomic E-state index is 13.6. The summed E-state index contributed by atoms with van der Waals surface area (Å²) in [6, 6.07) is 4.25. The summed E-state index contributed by atoms with van der Waals surface area (Å²) in [6.07, 6.45) is -4.11. The van der Waals surface area contributed by atoms with E-state index < -0.39 is 24.2 Å². The van der Waals surface area contributed by atoms with E-state index in [9.17, 15) is 18.0 Å². The van der Waals surface area contributed by atoms with Gasteiger partial charge in [0, 0.05) is 30.9 Å². The highest BCUT2D eigenvalue weighted by Crippen LogP contribution is 2.41. The van der Waals surface area contributed by atoms with Crippen molar-refractivity contribution < 1.29 is 32.5 Å². The SMILES string of the molecule is CCO[C@H](c1ccc([C@@H](COC)CC(=O)O)cc1Nc1cnc(C)nc1)C(F)(F)F. The Labute approximate surface area is 172 Å². The zero-order chi connectivity index (χ0) is 22.3. The molecule has 0 fully saturated rings. The standard InChI is InChI=1S/C20H24F3N3O4/c1-4-30-19(20(21,22)23)16-6-5-13(14(11-29-3)8-18(27)28)7-17(16)26-15-9-24-12(2)25-10-15/h5-7,9-10,14,19,26H,4,8,11H2,1-3H3,(H,27,28)/t14-,19-/m1/s1. The predicted molar refractivity (Wildman–Crippen MR) is 104 cm³/mol. The Morgan fingerprint density at radius 1 is 1.27 bits per heavy atom. The fourth-order valence-corrected chi connectivity index (χ4v) is 2.99. The lowest BCUT2D eigenvalue weighted by molar-refractivity contribution is -0.222. The van der Waals surface area contributed by atoms with Crippen molar-refractivity contribution in [1.29, 1.82) is 0 Å². The van der Waals surface area contributed by atoms with Gasteiger partial charge in [0.25, 0.3) is 0 Å². The highest BCUT2D eigenvalue weighted by Gasteiger charge is 2.43. The second kappa shape index (κ2) is 10.4. The number of aryl methyl sites for hydroxylation is 1. The fourth-order valence-electron chi connectivity index (χ4n) is 2.99. The average molecular weight is 427 g/mol. The molecule has 1 aromatic heterocycles. The monoisotopic (exact) mass is 427 g/mol. The molecule has 2 atom stereocenters. The summed E-state index contributed by atoms with van der Waals surface area (Å²) in [7, 11) is 1.43. The first-order valence-corrected chi connectivity index (χ1v) is 9.24. The first-order valence-electron chi connectivity index (χ1n) is 9.24. The molecular weight excluding hydrogens is 403 g/mol. The lowest BCUT2D eigenvalue weighted by Gasteiger charge is -2.25. The van der Waals surface area contributed by atoms with Gasteiger partial charge in [-0.1, -0.05) is 12.1 Å². The van der Waals surface area contributed by atoms with Gasteiger partial charge in [0.05, 0.1) is 31.1 Å². The molecule has 0 unspecified atom stereocenters. The number of nitrogens with zero attached hydrogens (tertiary/aromatic N) is 2. The third kappa shape index (κ3) is 6.39. The number of hydrogen-bond acceptors (Lipinski definition) is 6. The van der Waals surface area contributed by atoms with Crippen LogP contribution in [0.15, 0.2) is 30.6 Å². The highest BCUT2D eigenvalue weighted by atomic mass is 19.4. The number of aromatic nitrogens is 2. The van der Waals surface area contributed by atoms with Gasteiger partial charge in [-0.15, -0.1) is 0 Å². The van der Waals surface area contributed by atoms with Gasteiger partial charge in [-0.2, -0.15) is 13.2 Å². The number of methoxy groups -OCH3 is 1. The molecule has 0 aliphatic rings. The maximum atomic E-state index is 13.6. The number of halogens is 3. The number of rotatable bonds is 10. The van der Waals surface area contributed by atoms with Crippen LogP contribution in [0.25, 0.3) is 0 Å². The molecular formula is C20H24F3N3O4. The second-order valence-corrected chi connectivity index (χ2v) is 6.62. The topological polar surface area (TPSA) is 93.6 Å². The summed E-state index contributed by atoms with van der Waals surface area (Å²) in [6.45, 7) is 3.14. The van der Waals surface area contributed by atoms with Crippen LogP contribution in [0, 0.1) is 6.92 Å². The molecule has 1 heterocycles. The molecule has 2 aromatic rings. The van der Waals surface area contributed by atoms with Crippen LogP contribution in [-0.4, -0.2) is 47.5 Å². The van der Waals surface area contributed by atoms with Crippen molar-refractivity contribution in [2.45, 2.75) is 38.5 Å². The van der Waals surface area contributed by atoms with Crippen molar-refractivity contribution in [3.05, 3.63) is 47.5 Å². The van der Waals surface area contributed by atoms with Crippen LogP contribution in [0.1, 0.15) is 42.3 Å². The van der Waals surface area contributed by atoms with Crippen LogP contribution in [0.3, 0.4) is 0 Å². The zero-order valence-electron chi connectivity index (χ0n) is 16.9. The first kappa shape index (κ1) is 23.6. The number of alkyl halides is 3. The summed E-state index contributed by atoms with van der Waals surface area (Å²) in [5, 5.41) is 12.1. The van der Waals surface area contributed by atoms with Crippen LogP contribution >= 0.6 is 0 Å². The van der Waals surface area contributed by atoms with E-state index in [0.29, 0.717) is 17.1 Å². The van der Waals surface area contributed by atoms with Gasteiger partial charge >= 0.3 is 12.1 Å². The Hall–Kier alpha value is -2.72. The minimum Gasteiger partial charge on any atom is -0.481 e. The van der Waals surface area contributed by atoms with E-state index in [0.717, 1.165) is 0 Å². The van der Waals surface area contributed by atoms with E-state index in [-0.39, 0.29) is 30.9 Å². The van der Waals surface area contributed by atoms with E-state index in [4.69, 9.17) is 14.6 Å². The Balaban J connectivity index is 2.54. The number of hydrogen-bond donors (Lipinski definition) is 2. The van der Waals surface area contributed by atoms with Crippen LogP contribution < -0.4 is 5.32 Å². The molecule has 30 heavy (non-hydrogen) atoms. The van der Waals surface area contributed by atoms with E-state index in [2.05, 4.69) is 15.3 Å². The smallest absolute Gasteiger partial charge is 0.418 e. The van der Waals surface area contributed by atoms with Gasteiger partial charge in [0.1, 0.15) is 5.82 Å². The summed E-state index contributed by atoms with van der Waals surface area (Å²) >= 11 is 0. The van der Waals surface area contributed by atoms with Gasteiger partial charge < -0.3 is 19.9 Å². The van der Waals surface area contributed by atoms with Crippen LogP contribution in [-0.2, 0) is 14.3 Å². The van der Waals surface area contributed by atoms with E-state index in [1.807, 2.05) is 0 Å². The molecule has 1 aromatic carbocycles. The Morgan fingerprint density at radius 3 is 2.47 bits per heavy atom. The summed E-state index contributed by atoms with van der Waals surface area (Å²) in [5.41, 5.74) is 0.913. The quantitative estimate of drug-likeness (QED) is 0.581. The molecule has 0 amide bonds. The van der Waals surface area contributed by atoms with E-state index in [1.165, 1.54) is 44.6 Å². The number of ether oxygens (including phenoxy) is 2. The predicted octanol–water partition coefficient (Wildman–Crippen LogP) is 4.37. The maximum Gasteiger partial charge on any atom is 0.418 e. The van der Waals surface area contributed by atoms with Crippen molar-refractivity contribution in [2.75, 3.05) is 25.6 Å². The van der Waals surface area contributed by atoms with Crippen molar-refractivity contribution in [3.8, 4) is 0 Å². The minimum atomic E-state index is -4.63. The second-order valence-electron chi connectivity index (χ2n) is 6.62. The molecule has 0 saturated heterocycles. The molecule has 0 aliphatic heterocycles. The third-order valence-electron chi connectivity index (χ3n) is 4.31. The molecule has 0 aliphatic carbocycles. The fraction of sp³-hybridized carbons (Fsp3) is 0.450. The van der Waals surface area contributed by atoms with E-state index in [1.54, 1.807) is 6.92 Å². The molecule has 0 spiro atoms. The van der Waals surface area contributed by atoms with Crippen molar-refractivity contribution in [1.82, 2.24) is 9.97 Å². The van der Waals surface area contributed by atoms with Gasteiger partial charge in [-0.25, -0.2) is 9.97 Å². The Kier molecular flexibility index (Phi) is 8.13. The number of nitrogens with one attached hydrogen (secondary N) is 1. The van der Waals surface area contributed by atoms with Crippen molar-refractivity contribution in [3.63, 3.8) is 0 Å². The molecule has 0 radical (unpaired) electrons. The Bertz CT molecular complexity index is 844. The summed E-state index contributed by atoms with van der Waals surface area (Å²) in [4.78, 5) is 19.3. The number of carboxylic acid groups (broad SMARTS) is 1. The number of carbonyl (C=O) groups is 1. The molecule has 0 saturated carbocycles. The molecule has 0 bridgehead atoms. The van der Waals surface area contributed by atoms with E-state index >= 15 is 0 Å². The third-order valence-corrected chi connectivity index (χ3v) is 4.31. The van der Waals surface area contributed by atoms with Crippen molar-refractivity contribution >= 4 is 17.3 Å². The first-order chi connectivity index (χ1) is 14.2. The lowest BCUT2D eigenvalue weighted by Crippen LogP contribution is -2.24. The summed E-state index contributed by atoms with van der Waals surface area (Å²) < 4.78 is 51.0. The van der Waals surface area contributed by atoms with Crippen LogP contribution in [0.4, 0.5) is 24.5 Å². The van der Waals surface area contributed by atoms with Crippen LogP contribution in [0.2, 0.25) is 0 Å². The van der Waals surface area contributed by atoms with Gasteiger partial charge in [0.15, 0.2) is 6.10 Å². The lowest BCUT2D eigenvalue weighted by atomic mass is 9.93. The van der Waals surface area contributed by atoms with Crippen LogP contribution in [0.5, 0.6) is 0 Å². The van der Waals surface area contributed by atoms with Crippen molar-refractivity contribution in [2.24, 2.45) is 0 Å². The normalized spacial score (nSPS) is 13.7. The number of aliphatic carboxylic acids is 1. The molecule has 164 valence electrons.